The summed E-state index contributed by atoms with van der Waals surface area (Å²) in [5, 5.41) is 11.9. The fraction of sp³-hybridized carbons (Fsp3) is 0.286. The van der Waals surface area contributed by atoms with Gasteiger partial charge in [0.1, 0.15) is 19.3 Å². The molecule has 2 amide bonds. The maximum atomic E-state index is 12.1. The van der Waals surface area contributed by atoms with Gasteiger partial charge in [0, 0.05) is 13.6 Å². The Balaban J connectivity index is 1.75. The van der Waals surface area contributed by atoms with Crippen LogP contribution in [-0.2, 0) is 27.5 Å². The third-order valence-corrected chi connectivity index (χ3v) is 4.15. The van der Waals surface area contributed by atoms with Crippen molar-refractivity contribution in [1.29, 1.82) is 0 Å². The molecule has 2 aromatic rings. The number of benzene rings is 2. The zero-order chi connectivity index (χ0) is 21.1. The van der Waals surface area contributed by atoms with Crippen molar-refractivity contribution in [3.63, 3.8) is 0 Å². The van der Waals surface area contributed by atoms with Crippen molar-refractivity contribution in [1.82, 2.24) is 10.2 Å². The highest BCUT2D eigenvalue weighted by Gasteiger charge is 2.27. The Morgan fingerprint density at radius 2 is 1.45 bits per heavy atom. The van der Waals surface area contributed by atoms with Gasteiger partial charge in [-0.1, -0.05) is 60.7 Å². The van der Waals surface area contributed by atoms with Gasteiger partial charge in [0.15, 0.2) is 0 Å². The highest BCUT2D eigenvalue weighted by molar-refractivity contribution is 5.80. The molecule has 0 aliphatic rings. The third kappa shape index (κ3) is 7.53. The number of amides is 2. The molecule has 0 bridgehead atoms. The van der Waals surface area contributed by atoms with Crippen LogP contribution in [0, 0.1) is 0 Å². The monoisotopic (exact) mass is 400 g/mol. The van der Waals surface area contributed by atoms with Crippen LogP contribution >= 0.6 is 0 Å². The van der Waals surface area contributed by atoms with Gasteiger partial charge in [-0.25, -0.2) is 14.4 Å². The van der Waals surface area contributed by atoms with Crippen molar-refractivity contribution in [2.75, 3.05) is 13.6 Å². The van der Waals surface area contributed by atoms with Crippen LogP contribution in [-0.4, -0.2) is 47.8 Å². The lowest BCUT2D eigenvalue weighted by Crippen LogP contribution is -2.44. The predicted octanol–water partition coefficient (Wildman–Crippen LogP) is 3.02. The van der Waals surface area contributed by atoms with Gasteiger partial charge >= 0.3 is 18.2 Å². The molecule has 2 rings (SSSR count). The number of carboxylic acid groups (broad SMARTS) is 1. The first-order chi connectivity index (χ1) is 14.0. The molecule has 0 aromatic heterocycles. The molecule has 0 saturated heterocycles. The number of rotatable bonds is 9. The van der Waals surface area contributed by atoms with E-state index in [9.17, 15) is 19.5 Å². The van der Waals surface area contributed by atoms with Gasteiger partial charge in [-0.15, -0.1) is 0 Å². The van der Waals surface area contributed by atoms with Gasteiger partial charge in [0.05, 0.1) is 0 Å². The summed E-state index contributed by atoms with van der Waals surface area (Å²) in [7, 11) is 1.35. The number of carboxylic acids is 1. The molecule has 2 aromatic carbocycles. The number of hydrogen-bond acceptors (Lipinski definition) is 5. The molecule has 29 heavy (non-hydrogen) atoms. The summed E-state index contributed by atoms with van der Waals surface area (Å²) in [6.45, 7) is 0.183. The minimum atomic E-state index is -1.19. The lowest BCUT2D eigenvalue weighted by Gasteiger charge is -2.24. The maximum Gasteiger partial charge on any atom is 0.410 e. The standard InChI is InChI=1S/C21H24N2O6/c1-23(21(27)29-15-17-10-6-3-7-11-17)18(19(24)25)12-13-22-20(26)28-14-16-8-4-2-5-9-16/h2-11,18H,12-15H2,1H3,(H,22,26)(H,24,25). The number of nitrogens with one attached hydrogen (secondary N) is 1. The van der Waals surface area contributed by atoms with Crippen LogP contribution in [0.5, 0.6) is 0 Å². The zero-order valence-electron chi connectivity index (χ0n) is 16.1. The van der Waals surface area contributed by atoms with Crippen molar-refractivity contribution < 1.29 is 29.0 Å². The van der Waals surface area contributed by atoms with E-state index >= 15 is 0 Å². The van der Waals surface area contributed by atoms with E-state index in [2.05, 4.69) is 5.32 Å². The predicted molar refractivity (Wildman–Crippen MR) is 105 cm³/mol. The average Bonchev–Trinajstić information content (AvgIpc) is 2.74. The number of carbonyl (C=O) groups is 3. The smallest absolute Gasteiger partial charge is 0.410 e. The summed E-state index contributed by atoms with van der Waals surface area (Å²) in [5.74, 6) is -1.19. The summed E-state index contributed by atoms with van der Waals surface area (Å²) in [4.78, 5) is 36.4. The number of hydrogen-bond donors (Lipinski definition) is 2. The molecular weight excluding hydrogens is 376 g/mol. The number of likely N-dealkylation sites (N-methyl/N-ethyl adjacent to an activating group) is 1. The fourth-order valence-electron chi connectivity index (χ4n) is 2.52. The van der Waals surface area contributed by atoms with E-state index in [1.165, 1.54) is 7.05 Å². The molecule has 2 N–H and O–H groups in total. The topological polar surface area (TPSA) is 105 Å². The summed E-state index contributed by atoms with van der Waals surface area (Å²) in [6, 6.07) is 17.1. The summed E-state index contributed by atoms with van der Waals surface area (Å²) in [6.07, 6.45) is -1.41. The maximum absolute atomic E-state index is 12.1. The summed E-state index contributed by atoms with van der Waals surface area (Å²) in [5.41, 5.74) is 1.64. The van der Waals surface area contributed by atoms with Crippen molar-refractivity contribution in [3.05, 3.63) is 71.8 Å². The van der Waals surface area contributed by atoms with Crippen molar-refractivity contribution in [2.45, 2.75) is 25.7 Å². The first-order valence-corrected chi connectivity index (χ1v) is 9.08. The molecule has 1 unspecified atom stereocenters. The second-order valence-corrected chi connectivity index (χ2v) is 6.28. The number of aliphatic carboxylic acids is 1. The van der Waals surface area contributed by atoms with Gasteiger partial charge in [-0.3, -0.25) is 4.90 Å². The van der Waals surface area contributed by atoms with Gasteiger partial charge in [0.2, 0.25) is 0 Å². The van der Waals surface area contributed by atoms with Gasteiger partial charge < -0.3 is 19.9 Å². The van der Waals surface area contributed by atoms with E-state index in [-0.39, 0.29) is 26.2 Å². The summed E-state index contributed by atoms with van der Waals surface area (Å²) < 4.78 is 10.2. The first-order valence-electron chi connectivity index (χ1n) is 9.08. The Bertz CT molecular complexity index is 797. The number of nitrogens with zero attached hydrogens (tertiary/aromatic N) is 1. The number of carbonyl (C=O) groups excluding carboxylic acids is 2. The first kappa shape index (κ1) is 21.7. The quantitative estimate of drug-likeness (QED) is 0.670. The Morgan fingerprint density at radius 3 is 1.97 bits per heavy atom. The van der Waals surface area contributed by atoms with Crippen molar-refractivity contribution in [2.24, 2.45) is 0 Å². The molecule has 0 aliphatic heterocycles. The average molecular weight is 400 g/mol. The Kier molecular flexibility index (Phi) is 8.50. The highest BCUT2D eigenvalue weighted by atomic mass is 16.6. The molecule has 8 nitrogen and oxygen atoms in total. The fourth-order valence-corrected chi connectivity index (χ4v) is 2.52. The van der Waals surface area contributed by atoms with Crippen LogP contribution < -0.4 is 5.32 Å². The minimum absolute atomic E-state index is 0.00665. The van der Waals surface area contributed by atoms with Crippen LogP contribution in [0.3, 0.4) is 0 Å². The Hall–Kier alpha value is -3.55. The van der Waals surface area contributed by atoms with Crippen LogP contribution in [0.1, 0.15) is 17.5 Å². The second kappa shape index (κ2) is 11.3. The highest BCUT2D eigenvalue weighted by Crippen LogP contribution is 2.08. The van der Waals surface area contributed by atoms with Crippen LogP contribution in [0.2, 0.25) is 0 Å². The second-order valence-electron chi connectivity index (χ2n) is 6.28. The molecule has 0 saturated carbocycles. The lowest BCUT2D eigenvalue weighted by atomic mass is 10.2. The van der Waals surface area contributed by atoms with Crippen LogP contribution in [0.15, 0.2) is 60.7 Å². The molecule has 1 atom stereocenters. The molecule has 0 spiro atoms. The molecule has 0 fully saturated rings. The van der Waals surface area contributed by atoms with Crippen LogP contribution in [0.25, 0.3) is 0 Å². The molecular formula is C21H24N2O6. The van der Waals surface area contributed by atoms with E-state index < -0.39 is 24.2 Å². The van der Waals surface area contributed by atoms with E-state index in [0.29, 0.717) is 0 Å². The molecule has 0 heterocycles. The number of alkyl carbamates (subject to hydrolysis) is 1. The van der Waals surface area contributed by atoms with E-state index in [4.69, 9.17) is 9.47 Å². The number of ether oxygens (including phenoxy) is 2. The normalized spacial score (nSPS) is 11.2. The Morgan fingerprint density at radius 1 is 0.931 bits per heavy atom. The van der Waals surface area contributed by atoms with E-state index in [1.54, 1.807) is 12.1 Å². The molecule has 154 valence electrons. The largest absolute Gasteiger partial charge is 0.480 e. The molecule has 8 heteroatoms. The minimum Gasteiger partial charge on any atom is -0.480 e. The van der Waals surface area contributed by atoms with Gasteiger partial charge in [-0.2, -0.15) is 0 Å². The zero-order valence-corrected chi connectivity index (χ0v) is 16.1. The summed E-state index contributed by atoms with van der Waals surface area (Å²) >= 11 is 0. The Labute approximate surface area is 169 Å². The van der Waals surface area contributed by atoms with Gasteiger partial charge in [0.25, 0.3) is 0 Å². The van der Waals surface area contributed by atoms with Crippen molar-refractivity contribution in [3.8, 4) is 0 Å². The van der Waals surface area contributed by atoms with Gasteiger partial charge in [-0.05, 0) is 17.5 Å². The van der Waals surface area contributed by atoms with E-state index in [1.807, 2.05) is 48.5 Å². The SMILES string of the molecule is CN(C(=O)OCc1ccccc1)C(CCNC(=O)OCc1ccccc1)C(=O)O. The third-order valence-electron chi connectivity index (χ3n) is 4.15. The lowest BCUT2D eigenvalue weighted by molar-refractivity contribution is -0.142. The van der Waals surface area contributed by atoms with Crippen molar-refractivity contribution >= 4 is 18.2 Å². The molecule has 0 aliphatic carbocycles. The van der Waals surface area contributed by atoms with E-state index in [0.717, 1.165) is 16.0 Å². The van der Waals surface area contributed by atoms with Crippen LogP contribution in [0.4, 0.5) is 9.59 Å². The molecule has 0 radical (unpaired) electrons.